The van der Waals surface area contributed by atoms with Gasteiger partial charge in [0.2, 0.25) is 17.8 Å². The van der Waals surface area contributed by atoms with Crippen LogP contribution in [0.25, 0.3) is 0 Å². The van der Waals surface area contributed by atoms with Crippen LogP contribution in [-0.4, -0.2) is 72.0 Å². The highest BCUT2D eigenvalue weighted by Gasteiger charge is 2.21. The van der Waals surface area contributed by atoms with E-state index in [0.717, 1.165) is 13.0 Å². The fraction of sp³-hybridized carbons (Fsp3) is 0.444. The number of nitro benzene ring substituents is 1. The van der Waals surface area contributed by atoms with Gasteiger partial charge in [-0.1, -0.05) is 0 Å². The van der Waals surface area contributed by atoms with Crippen molar-refractivity contribution in [2.24, 2.45) is 0 Å². The van der Waals surface area contributed by atoms with Gasteiger partial charge in [-0.3, -0.25) is 25.8 Å². The first-order chi connectivity index (χ1) is 15.1. The van der Waals surface area contributed by atoms with Crippen LogP contribution in [0.15, 0.2) is 24.3 Å². The van der Waals surface area contributed by atoms with Gasteiger partial charge in [0.05, 0.1) is 24.7 Å². The second-order valence-electron chi connectivity index (χ2n) is 6.90. The zero-order valence-corrected chi connectivity index (χ0v) is 16.7. The van der Waals surface area contributed by atoms with Crippen LogP contribution in [0.4, 0.5) is 23.5 Å². The largest absolute Gasteiger partial charge is 0.378 e. The predicted octanol–water partition coefficient (Wildman–Crippen LogP) is 0.558. The highest BCUT2D eigenvalue weighted by Crippen LogP contribution is 2.19. The summed E-state index contributed by atoms with van der Waals surface area (Å²) in [5.74, 6) is 0.618. The minimum Gasteiger partial charge on any atom is -0.378 e. The van der Waals surface area contributed by atoms with E-state index >= 15 is 0 Å². The molecule has 1 amide bonds. The number of morpholine rings is 1. The number of benzene rings is 1. The van der Waals surface area contributed by atoms with Crippen LogP contribution in [0.1, 0.15) is 16.8 Å². The molecule has 0 spiro atoms. The van der Waals surface area contributed by atoms with Gasteiger partial charge in [0.1, 0.15) is 6.73 Å². The molecule has 1 aromatic heterocycles. The number of hydrazine groups is 1. The Bertz CT molecular complexity index is 893. The average molecular weight is 430 g/mol. The van der Waals surface area contributed by atoms with Crippen molar-refractivity contribution in [3.8, 4) is 0 Å². The van der Waals surface area contributed by atoms with E-state index in [9.17, 15) is 14.9 Å². The minimum absolute atomic E-state index is 0.0921. The summed E-state index contributed by atoms with van der Waals surface area (Å²) in [6.45, 7) is 4.26. The molecule has 0 aliphatic carbocycles. The normalized spacial score (nSPS) is 16.6. The summed E-state index contributed by atoms with van der Waals surface area (Å²) in [5, 5.41) is 10.8. The molecule has 164 valence electrons. The number of hydrogen-bond acceptors (Lipinski definition) is 11. The molecular weight excluding hydrogens is 408 g/mol. The number of carbonyl (C=O) groups excluding carboxylic acids is 1. The van der Waals surface area contributed by atoms with Gasteiger partial charge in [-0.2, -0.15) is 15.0 Å². The average Bonchev–Trinajstić information content (AvgIpc) is 2.83. The van der Waals surface area contributed by atoms with Gasteiger partial charge in [-0.25, -0.2) is 0 Å². The van der Waals surface area contributed by atoms with Crippen LogP contribution in [-0.2, 0) is 9.47 Å². The third kappa shape index (κ3) is 5.13. The molecular formula is C18H22N8O5. The quantitative estimate of drug-likeness (QED) is 0.489. The molecule has 2 aliphatic heterocycles. The lowest BCUT2D eigenvalue weighted by molar-refractivity contribution is -0.384. The Labute approximate surface area is 177 Å². The van der Waals surface area contributed by atoms with Crippen LogP contribution in [0.5, 0.6) is 0 Å². The molecule has 2 saturated heterocycles. The Morgan fingerprint density at radius 2 is 1.68 bits per heavy atom. The lowest BCUT2D eigenvalue weighted by Gasteiger charge is -2.30. The Morgan fingerprint density at radius 3 is 2.32 bits per heavy atom. The second-order valence-corrected chi connectivity index (χ2v) is 6.90. The standard InChI is InChI=1S/C18H22N8O5/c27-15(13-2-4-14(5-3-13)26(28)29)22-23-16-19-17(24-7-10-30-11-8-24)21-18(20-16)25-6-1-9-31-12-25/h2-5H,1,6-12H2,(H,22,27)(H,19,20,21,23). The molecule has 13 nitrogen and oxygen atoms in total. The lowest BCUT2D eigenvalue weighted by atomic mass is 10.2. The predicted molar refractivity (Wildman–Crippen MR) is 110 cm³/mol. The summed E-state index contributed by atoms with van der Waals surface area (Å²) in [6, 6.07) is 5.28. The lowest BCUT2D eigenvalue weighted by Crippen LogP contribution is -2.39. The van der Waals surface area contributed by atoms with Gasteiger partial charge in [0.25, 0.3) is 11.6 Å². The number of nitro groups is 1. The number of amides is 1. The van der Waals surface area contributed by atoms with Gasteiger partial charge in [-0.15, -0.1) is 0 Å². The third-order valence-electron chi connectivity index (χ3n) is 4.78. The molecule has 0 saturated carbocycles. The Balaban J connectivity index is 1.50. The van der Waals surface area contributed by atoms with Gasteiger partial charge >= 0.3 is 0 Å². The second kappa shape index (κ2) is 9.49. The number of aromatic nitrogens is 3. The maximum Gasteiger partial charge on any atom is 0.269 e. The van der Waals surface area contributed by atoms with E-state index in [1.165, 1.54) is 24.3 Å². The Hall–Kier alpha value is -3.58. The summed E-state index contributed by atoms with van der Waals surface area (Å²) >= 11 is 0. The highest BCUT2D eigenvalue weighted by molar-refractivity contribution is 5.94. The Kier molecular flexibility index (Phi) is 6.33. The molecule has 13 heteroatoms. The molecule has 3 heterocycles. The molecule has 31 heavy (non-hydrogen) atoms. The van der Waals surface area contributed by atoms with Crippen molar-refractivity contribution in [1.82, 2.24) is 20.4 Å². The van der Waals surface area contributed by atoms with Crippen LogP contribution < -0.4 is 20.7 Å². The van der Waals surface area contributed by atoms with E-state index in [0.29, 0.717) is 51.5 Å². The van der Waals surface area contributed by atoms with Crippen molar-refractivity contribution in [3.05, 3.63) is 39.9 Å². The van der Waals surface area contributed by atoms with E-state index in [2.05, 4.69) is 25.8 Å². The van der Waals surface area contributed by atoms with E-state index in [1.807, 2.05) is 9.80 Å². The summed E-state index contributed by atoms with van der Waals surface area (Å²) in [4.78, 5) is 39.9. The number of nitrogens with one attached hydrogen (secondary N) is 2. The zero-order chi connectivity index (χ0) is 21.6. The number of hydrogen-bond donors (Lipinski definition) is 2. The molecule has 1 aromatic carbocycles. The molecule has 0 unspecified atom stereocenters. The number of anilines is 3. The van der Waals surface area contributed by atoms with Crippen LogP contribution in [0.3, 0.4) is 0 Å². The smallest absolute Gasteiger partial charge is 0.269 e. The van der Waals surface area contributed by atoms with E-state index < -0.39 is 10.8 Å². The van der Waals surface area contributed by atoms with E-state index in [4.69, 9.17) is 9.47 Å². The van der Waals surface area contributed by atoms with Crippen LogP contribution >= 0.6 is 0 Å². The molecule has 2 aromatic rings. The van der Waals surface area contributed by atoms with E-state index in [-0.39, 0.29) is 17.2 Å². The molecule has 2 fully saturated rings. The van der Waals surface area contributed by atoms with Crippen LogP contribution in [0, 0.1) is 10.1 Å². The Morgan fingerprint density at radius 1 is 0.968 bits per heavy atom. The van der Waals surface area contributed by atoms with Gasteiger partial charge in [-0.05, 0) is 18.6 Å². The molecule has 2 N–H and O–H groups in total. The molecule has 0 radical (unpaired) electrons. The van der Waals surface area contributed by atoms with Crippen molar-refractivity contribution in [1.29, 1.82) is 0 Å². The van der Waals surface area contributed by atoms with Gasteiger partial charge in [0.15, 0.2) is 0 Å². The maximum atomic E-state index is 12.4. The van der Waals surface area contributed by atoms with Crippen molar-refractivity contribution >= 4 is 29.4 Å². The number of nitrogens with zero attached hydrogens (tertiary/aromatic N) is 6. The van der Waals surface area contributed by atoms with Gasteiger partial charge in [0, 0.05) is 37.3 Å². The van der Waals surface area contributed by atoms with Crippen molar-refractivity contribution in [2.75, 3.05) is 61.4 Å². The van der Waals surface area contributed by atoms with Crippen molar-refractivity contribution in [3.63, 3.8) is 0 Å². The number of ether oxygens (including phenoxy) is 2. The highest BCUT2D eigenvalue weighted by atomic mass is 16.6. The molecule has 0 atom stereocenters. The topological polar surface area (TPSA) is 148 Å². The zero-order valence-electron chi connectivity index (χ0n) is 16.7. The summed E-state index contributed by atoms with van der Waals surface area (Å²) in [5.41, 5.74) is 5.40. The SMILES string of the molecule is O=C(NNc1nc(N2CCOCC2)nc(N2CCCOC2)n1)c1ccc([N+](=O)[O-])cc1. The summed E-state index contributed by atoms with van der Waals surface area (Å²) in [7, 11) is 0. The molecule has 4 rings (SSSR count). The summed E-state index contributed by atoms with van der Waals surface area (Å²) < 4.78 is 10.9. The maximum absolute atomic E-state index is 12.4. The monoisotopic (exact) mass is 430 g/mol. The first-order valence-corrected chi connectivity index (χ1v) is 9.82. The molecule has 2 aliphatic rings. The number of rotatable bonds is 6. The van der Waals surface area contributed by atoms with Crippen molar-refractivity contribution in [2.45, 2.75) is 6.42 Å². The summed E-state index contributed by atoms with van der Waals surface area (Å²) in [6.07, 6.45) is 0.859. The van der Waals surface area contributed by atoms with E-state index in [1.54, 1.807) is 0 Å². The third-order valence-corrected chi connectivity index (χ3v) is 4.78. The fourth-order valence-corrected chi connectivity index (χ4v) is 3.13. The van der Waals surface area contributed by atoms with Crippen molar-refractivity contribution < 1.29 is 19.2 Å². The number of carbonyl (C=O) groups is 1. The first kappa shape index (κ1) is 20.7. The fourth-order valence-electron chi connectivity index (χ4n) is 3.13. The van der Waals surface area contributed by atoms with Gasteiger partial charge < -0.3 is 19.3 Å². The molecule has 0 bridgehead atoms. The minimum atomic E-state index is -0.524. The first-order valence-electron chi connectivity index (χ1n) is 9.82. The van der Waals surface area contributed by atoms with Crippen LogP contribution in [0.2, 0.25) is 0 Å². The number of non-ortho nitro benzene ring substituents is 1.